The number of hydrogen-bond acceptors (Lipinski definition) is 5. The van der Waals surface area contributed by atoms with Gasteiger partial charge in [-0.1, -0.05) is 0 Å². The Morgan fingerprint density at radius 2 is 2.21 bits per heavy atom. The fraction of sp³-hybridized carbons (Fsp3) is 0.471. The van der Waals surface area contributed by atoms with E-state index < -0.39 is 18.2 Å². The molecule has 1 unspecified atom stereocenters. The van der Waals surface area contributed by atoms with Crippen molar-refractivity contribution in [1.29, 1.82) is 0 Å². The van der Waals surface area contributed by atoms with E-state index in [1.807, 2.05) is 0 Å². The van der Waals surface area contributed by atoms with Crippen LogP contribution in [0.1, 0.15) is 37.2 Å². The summed E-state index contributed by atoms with van der Waals surface area (Å²) >= 11 is 0. The third kappa shape index (κ3) is 2.49. The third-order valence-corrected chi connectivity index (χ3v) is 5.11. The van der Waals surface area contributed by atoms with Gasteiger partial charge >= 0.3 is 0 Å². The predicted octanol–water partition coefficient (Wildman–Crippen LogP) is 1.16. The van der Waals surface area contributed by atoms with E-state index in [0.717, 1.165) is 17.0 Å². The predicted molar refractivity (Wildman–Crippen MR) is 87.1 cm³/mol. The van der Waals surface area contributed by atoms with Crippen LogP contribution in [-0.2, 0) is 4.79 Å². The van der Waals surface area contributed by atoms with Crippen LogP contribution >= 0.6 is 0 Å². The van der Waals surface area contributed by atoms with Gasteiger partial charge in [-0.3, -0.25) is 4.79 Å². The van der Waals surface area contributed by atoms with Gasteiger partial charge in [0.1, 0.15) is 5.82 Å². The number of nitrogens with two attached hydrogens (primary N) is 1. The number of carbonyl (C=O) groups excluding carboxylic acids is 1. The minimum atomic E-state index is -0.451. The van der Waals surface area contributed by atoms with Crippen molar-refractivity contribution >= 4 is 11.6 Å². The summed E-state index contributed by atoms with van der Waals surface area (Å²) in [7, 11) is 0. The number of benzene rings is 1. The Hall–Kier alpha value is -1.96. The molecule has 1 aliphatic carbocycles. The molecule has 1 aromatic carbocycles. The van der Waals surface area contributed by atoms with Crippen molar-refractivity contribution in [2.24, 2.45) is 5.73 Å². The number of aliphatic hydroxyl groups is 1. The zero-order valence-corrected chi connectivity index (χ0v) is 13.3. The van der Waals surface area contributed by atoms with Gasteiger partial charge in [0.15, 0.2) is 0 Å². The van der Waals surface area contributed by atoms with Gasteiger partial charge in [-0.25, -0.2) is 14.8 Å². The first-order valence-electron chi connectivity index (χ1n) is 8.33. The monoisotopic (exact) mass is 332 g/mol. The molecule has 128 valence electrons. The zero-order valence-electron chi connectivity index (χ0n) is 13.3. The first-order chi connectivity index (χ1) is 11.5. The van der Waals surface area contributed by atoms with E-state index >= 15 is 0 Å². The molecule has 5 N–H and O–H groups in total. The molecule has 0 radical (unpaired) electrons. The first kappa shape index (κ1) is 15.6. The van der Waals surface area contributed by atoms with Gasteiger partial charge in [0.2, 0.25) is 5.91 Å². The lowest BCUT2D eigenvalue weighted by atomic mass is 9.89. The fourth-order valence-corrected chi connectivity index (χ4v) is 3.89. The Labute approximate surface area is 139 Å². The molecule has 0 fully saturated rings. The normalized spacial score (nSPS) is 29.1. The number of nitrogens with one attached hydrogen (secondary N) is 2. The minimum Gasteiger partial charge on any atom is -0.393 e. The molecule has 2 heterocycles. The van der Waals surface area contributed by atoms with Crippen molar-refractivity contribution < 1.29 is 14.3 Å². The van der Waals surface area contributed by atoms with Gasteiger partial charge < -0.3 is 16.2 Å². The van der Waals surface area contributed by atoms with Gasteiger partial charge in [0.25, 0.3) is 0 Å². The number of carbonyl (C=O) groups is 1. The van der Waals surface area contributed by atoms with Gasteiger partial charge in [0.05, 0.1) is 18.2 Å². The largest absolute Gasteiger partial charge is 0.393 e. The number of fused-ring (bicyclic) bond motifs is 1. The minimum absolute atomic E-state index is 0.111. The highest BCUT2D eigenvalue weighted by molar-refractivity contribution is 5.88. The zero-order chi connectivity index (χ0) is 16.8. The van der Waals surface area contributed by atoms with E-state index in [1.54, 1.807) is 6.07 Å². The van der Waals surface area contributed by atoms with Crippen LogP contribution in [0.2, 0.25) is 0 Å². The molecule has 1 amide bonds. The highest BCUT2D eigenvalue weighted by atomic mass is 19.1. The Balaban J connectivity index is 1.65. The molecule has 3 aliphatic rings. The van der Waals surface area contributed by atoms with Gasteiger partial charge in [-0.2, -0.15) is 0 Å². The summed E-state index contributed by atoms with van der Waals surface area (Å²) in [5.74, 6) is -0.863. The molecular weight excluding hydrogens is 311 g/mol. The fourth-order valence-electron chi connectivity index (χ4n) is 3.89. The van der Waals surface area contributed by atoms with Crippen LogP contribution in [0.25, 0.3) is 0 Å². The molecule has 3 atom stereocenters. The number of nitrogens with zero attached hydrogens (tertiary/aromatic N) is 1. The quantitative estimate of drug-likeness (QED) is 0.619. The van der Waals surface area contributed by atoms with Crippen LogP contribution < -0.4 is 16.5 Å². The average Bonchev–Trinajstić information content (AvgIpc) is 2.90. The Kier molecular flexibility index (Phi) is 3.79. The second-order valence-electron chi connectivity index (χ2n) is 6.65. The molecule has 0 bridgehead atoms. The molecule has 0 aromatic heterocycles. The van der Waals surface area contributed by atoms with Gasteiger partial charge in [0, 0.05) is 17.9 Å². The molecule has 2 aliphatic heterocycles. The van der Waals surface area contributed by atoms with Crippen LogP contribution in [-0.4, -0.2) is 34.8 Å². The number of rotatable bonds is 1. The number of hydrazine groups is 1. The average molecular weight is 332 g/mol. The lowest BCUT2D eigenvalue weighted by Gasteiger charge is -2.31. The van der Waals surface area contributed by atoms with Crippen LogP contribution in [0.4, 0.5) is 10.1 Å². The molecule has 1 aromatic rings. The number of anilines is 1. The maximum Gasteiger partial charge on any atom is 0.248 e. The molecule has 4 rings (SSSR count). The Morgan fingerprint density at radius 3 is 3.04 bits per heavy atom. The van der Waals surface area contributed by atoms with Crippen molar-refractivity contribution in [2.75, 3.05) is 11.9 Å². The summed E-state index contributed by atoms with van der Waals surface area (Å²) in [4.78, 5) is 13.1. The smallest absolute Gasteiger partial charge is 0.248 e. The SMILES string of the molecule is NC1NN(C(=O)[C@H]2CCNc3ccc(F)cc32)C2=C1C[C@H](O)CC2. The van der Waals surface area contributed by atoms with Crippen molar-refractivity contribution in [2.45, 2.75) is 43.9 Å². The summed E-state index contributed by atoms with van der Waals surface area (Å²) in [6.45, 7) is 0.666. The molecule has 6 nitrogen and oxygen atoms in total. The highest BCUT2D eigenvalue weighted by Crippen LogP contribution is 2.38. The Bertz CT molecular complexity index is 721. The highest BCUT2D eigenvalue weighted by Gasteiger charge is 2.39. The van der Waals surface area contributed by atoms with E-state index in [2.05, 4.69) is 10.7 Å². The van der Waals surface area contributed by atoms with Crippen LogP contribution in [0, 0.1) is 5.82 Å². The van der Waals surface area contributed by atoms with E-state index in [0.29, 0.717) is 37.8 Å². The number of hydrogen-bond donors (Lipinski definition) is 4. The van der Waals surface area contributed by atoms with Crippen molar-refractivity contribution in [3.8, 4) is 0 Å². The number of halogens is 1. The summed E-state index contributed by atoms with van der Waals surface area (Å²) < 4.78 is 13.7. The van der Waals surface area contributed by atoms with E-state index in [4.69, 9.17) is 5.73 Å². The number of allylic oxidation sites excluding steroid dienone is 1. The third-order valence-electron chi connectivity index (χ3n) is 5.11. The lowest BCUT2D eigenvalue weighted by molar-refractivity contribution is -0.133. The molecule has 0 spiro atoms. The second kappa shape index (κ2) is 5.84. The molecule has 7 heteroatoms. The maximum atomic E-state index is 13.7. The number of aliphatic hydroxyl groups excluding tert-OH is 1. The maximum absolute atomic E-state index is 13.7. The summed E-state index contributed by atoms with van der Waals surface area (Å²) in [5.41, 5.74) is 12.4. The molecule has 0 saturated heterocycles. The van der Waals surface area contributed by atoms with Crippen molar-refractivity contribution in [3.05, 3.63) is 40.8 Å². The van der Waals surface area contributed by atoms with Gasteiger partial charge in [-0.05, 0) is 55.0 Å². The molecule has 0 saturated carbocycles. The van der Waals surface area contributed by atoms with Crippen molar-refractivity contribution in [3.63, 3.8) is 0 Å². The second-order valence-corrected chi connectivity index (χ2v) is 6.65. The lowest BCUT2D eigenvalue weighted by Crippen LogP contribution is -2.47. The van der Waals surface area contributed by atoms with Crippen LogP contribution in [0.15, 0.2) is 29.5 Å². The summed E-state index contributed by atoms with van der Waals surface area (Å²) in [6, 6.07) is 4.50. The van der Waals surface area contributed by atoms with Crippen LogP contribution in [0.3, 0.4) is 0 Å². The Morgan fingerprint density at radius 1 is 1.38 bits per heavy atom. The van der Waals surface area contributed by atoms with Gasteiger partial charge in [-0.15, -0.1) is 0 Å². The molecular formula is C17H21FN4O2. The van der Waals surface area contributed by atoms with Crippen molar-refractivity contribution in [1.82, 2.24) is 10.4 Å². The molecule has 24 heavy (non-hydrogen) atoms. The summed E-state index contributed by atoms with van der Waals surface area (Å²) in [6.07, 6.45) is 1.48. The van der Waals surface area contributed by atoms with E-state index in [9.17, 15) is 14.3 Å². The van der Waals surface area contributed by atoms with Crippen LogP contribution in [0.5, 0.6) is 0 Å². The van der Waals surface area contributed by atoms with E-state index in [-0.39, 0.29) is 11.7 Å². The topological polar surface area (TPSA) is 90.6 Å². The number of amides is 1. The van der Waals surface area contributed by atoms with E-state index in [1.165, 1.54) is 17.1 Å². The standard InChI is InChI=1S/C17H21FN4O2/c18-9-1-3-14-12(7-9)11(5-6-20-14)17(24)22-15-4-2-10(23)8-13(15)16(19)21-22/h1,3,7,10-11,16,20-21,23H,2,4-6,8,19H2/t10-,11+,16?/m1/s1. The first-order valence-corrected chi connectivity index (χ1v) is 8.33. The summed E-state index contributed by atoms with van der Waals surface area (Å²) in [5, 5.41) is 14.6.